The summed E-state index contributed by atoms with van der Waals surface area (Å²) in [6.45, 7) is 6.65. The fraction of sp³-hybridized carbons (Fsp3) is 0.843. The van der Waals surface area contributed by atoms with Crippen LogP contribution in [0.1, 0.15) is 361 Å². The Morgan fingerprint density at radius 2 is 0.474 bits per heavy atom. The lowest BCUT2D eigenvalue weighted by Crippen LogP contribution is -2.30. The highest BCUT2D eigenvalue weighted by Gasteiger charge is 2.19. The number of ether oxygens (including phenoxy) is 3. The summed E-state index contributed by atoms with van der Waals surface area (Å²) in [6.07, 6.45) is 81.4. The summed E-state index contributed by atoms with van der Waals surface area (Å²) in [5.74, 6) is -0.859. The van der Waals surface area contributed by atoms with E-state index in [9.17, 15) is 14.4 Å². The van der Waals surface area contributed by atoms with Crippen molar-refractivity contribution < 1.29 is 28.6 Å². The van der Waals surface area contributed by atoms with Gasteiger partial charge < -0.3 is 14.2 Å². The van der Waals surface area contributed by atoms with Gasteiger partial charge in [-0.05, 0) is 83.5 Å². The summed E-state index contributed by atoms with van der Waals surface area (Å²) in [6, 6.07) is 0. The molecule has 6 nitrogen and oxygen atoms in total. The monoisotopic (exact) mass is 1060 g/mol. The highest BCUT2D eigenvalue weighted by atomic mass is 16.6. The van der Waals surface area contributed by atoms with Crippen LogP contribution in [-0.4, -0.2) is 37.2 Å². The summed E-state index contributed by atoms with van der Waals surface area (Å²) in [5, 5.41) is 0. The highest BCUT2D eigenvalue weighted by Crippen LogP contribution is 2.18. The zero-order valence-electron chi connectivity index (χ0n) is 51.0. The molecule has 0 N–H and O–H groups in total. The number of hydrogen-bond acceptors (Lipinski definition) is 6. The van der Waals surface area contributed by atoms with E-state index < -0.39 is 6.10 Å². The predicted octanol–water partition coefficient (Wildman–Crippen LogP) is 22.9. The maximum atomic E-state index is 12.9. The Kier molecular flexibility index (Phi) is 62.6. The molecule has 0 aromatic carbocycles. The SMILES string of the molecule is CCCCCC/C=C\CCCCCCCC(=O)OC(COC(=O)CCCCCCCCCCCCCC)COC(=O)CCCCCCCCCCCCCCCCCCCC/C=C\C/C=C\C/C=C\CCCCCCC. The van der Waals surface area contributed by atoms with E-state index in [2.05, 4.69) is 69.4 Å². The van der Waals surface area contributed by atoms with E-state index in [1.165, 1.54) is 244 Å². The first kappa shape index (κ1) is 73.4. The zero-order chi connectivity index (χ0) is 55.0. The Morgan fingerprint density at radius 3 is 0.763 bits per heavy atom. The maximum absolute atomic E-state index is 12.9. The standard InChI is InChI=1S/C70H128O6/c1-4-7-10-13-16-19-22-25-26-27-28-29-30-31-32-33-34-35-36-37-38-39-40-41-42-43-44-46-48-51-54-57-60-63-69(72)75-66-67(65-74-68(71)62-59-56-53-50-47-24-21-18-15-12-9-6-3)76-70(73)64-61-58-55-52-49-45-23-20-17-14-11-8-5-2/h20,22-23,25,27-28,30-31,67H,4-19,21,24,26,29,32-66H2,1-3H3/b23-20-,25-22-,28-27-,31-30-. The van der Waals surface area contributed by atoms with Gasteiger partial charge in [-0.25, -0.2) is 0 Å². The van der Waals surface area contributed by atoms with Crippen molar-refractivity contribution >= 4 is 17.9 Å². The largest absolute Gasteiger partial charge is 0.462 e. The Balaban J connectivity index is 4.07. The fourth-order valence-corrected chi connectivity index (χ4v) is 9.98. The van der Waals surface area contributed by atoms with Gasteiger partial charge in [0.15, 0.2) is 6.10 Å². The predicted molar refractivity (Wildman–Crippen MR) is 330 cm³/mol. The minimum atomic E-state index is -0.773. The van der Waals surface area contributed by atoms with Crippen LogP contribution in [0.2, 0.25) is 0 Å². The zero-order valence-corrected chi connectivity index (χ0v) is 51.0. The molecular formula is C70H128O6. The van der Waals surface area contributed by atoms with Gasteiger partial charge in [-0.15, -0.1) is 0 Å². The lowest BCUT2D eigenvalue weighted by Gasteiger charge is -2.18. The Bertz CT molecular complexity index is 1310. The van der Waals surface area contributed by atoms with Crippen molar-refractivity contribution in [3.63, 3.8) is 0 Å². The highest BCUT2D eigenvalue weighted by molar-refractivity contribution is 5.71. The first-order valence-electron chi connectivity index (χ1n) is 33.6. The molecule has 0 aromatic rings. The van der Waals surface area contributed by atoms with E-state index in [0.29, 0.717) is 19.3 Å². The average Bonchev–Trinajstić information content (AvgIpc) is 3.42. The molecule has 0 rings (SSSR count). The van der Waals surface area contributed by atoms with Crippen LogP contribution in [0.4, 0.5) is 0 Å². The third-order valence-electron chi connectivity index (χ3n) is 15.1. The molecule has 0 spiro atoms. The summed E-state index contributed by atoms with van der Waals surface area (Å²) >= 11 is 0. The molecule has 0 bridgehead atoms. The van der Waals surface area contributed by atoms with Crippen molar-refractivity contribution in [2.45, 2.75) is 367 Å². The van der Waals surface area contributed by atoms with Crippen LogP contribution in [0.5, 0.6) is 0 Å². The molecule has 0 aliphatic carbocycles. The van der Waals surface area contributed by atoms with Gasteiger partial charge in [0.05, 0.1) is 0 Å². The van der Waals surface area contributed by atoms with Crippen molar-refractivity contribution in [1.82, 2.24) is 0 Å². The van der Waals surface area contributed by atoms with Crippen molar-refractivity contribution in [2.75, 3.05) is 13.2 Å². The van der Waals surface area contributed by atoms with E-state index in [0.717, 1.165) is 77.0 Å². The van der Waals surface area contributed by atoms with Crippen molar-refractivity contribution in [3.05, 3.63) is 48.6 Å². The number of hydrogen-bond donors (Lipinski definition) is 0. The Hall–Kier alpha value is -2.63. The summed E-state index contributed by atoms with van der Waals surface area (Å²) in [5.41, 5.74) is 0. The third-order valence-corrected chi connectivity index (χ3v) is 15.1. The quantitative estimate of drug-likeness (QED) is 0.0261. The summed E-state index contributed by atoms with van der Waals surface area (Å²) in [4.78, 5) is 38.2. The average molecular weight is 1070 g/mol. The number of carbonyl (C=O) groups excluding carboxylic acids is 3. The fourth-order valence-electron chi connectivity index (χ4n) is 9.98. The van der Waals surface area contributed by atoms with Gasteiger partial charge in [0.25, 0.3) is 0 Å². The van der Waals surface area contributed by atoms with Crippen molar-refractivity contribution in [1.29, 1.82) is 0 Å². The van der Waals surface area contributed by atoms with Crippen molar-refractivity contribution in [2.24, 2.45) is 0 Å². The maximum Gasteiger partial charge on any atom is 0.306 e. The molecule has 0 aliphatic rings. The minimum absolute atomic E-state index is 0.0711. The van der Waals surface area contributed by atoms with Gasteiger partial charge in [-0.2, -0.15) is 0 Å². The van der Waals surface area contributed by atoms with Crippen LogP contribution < -0.4 is 0 Å². The minimum Gasteiger partial charge on any atom is -0.462 e. The lowest BCUT2D eigenvalue weighted by atomic mass is 10.0. The molecule has 0 aliphatic heterocycles. The second-order valence-electron chi connectivity index (χ2n) is 22.7. The molecular weight excluding hydrogens is 937 g/mol. The molecule has 1 atom stereocenters. The van der Waals surface area contributed by atoms with Gasteiger partial charge >= 0.3 is 17.9 Å². The molecule has 444 valence electrons. The molecule has 0 saturated heterocycles. The molecule has 0 heterocycles. The molecule has 0 aromatic heterocycles. The summed E-state index contributed by atoms with van der Waals surface area (Å²) in [7, 11) is 0. The van der Waals surface area contributed by atoms with Gasteiger partial charge in [0.2, 0.25) is 0 Å². The molecule has 0 radical (unpaired) electrons. The van der Waals surface area contributed by atoms with E-state index in [4.69, 9.17) is 14.2 Å². The van der Waals surface area contributed by atoms with Crippen molar-refractivity contribution in [3.8, 4) is 0 Å². The van der Waals surface area contributed by atoms with Gasteiger partial charge in [-0.3, -0.25) is 14.4 Å². The van der Waals surface area contributed by atoms with Crippen LogP contribution in [0, 0.1) is 0 Å². The molecule has 0 fully saturated rings. The van der Waals surface area contributed by atoms with Gasteiger partial charge in [0.1, 0.15) is 13.2 Å². The second kappa shape index (κ2) is 64.9. The first-order valence-corrected chi connectivity index (χ1v) is 33.6. The van der Waals surface area contributed by atoms with E-state index in [1.54, 1.807) is 0 Å². The first-order chi connectivity index (χ1) is 37.5. The topological polar surface area (TPSA) is 78.9 Å². The lowest BCUT2D eigenvalue weighted by molar-refractivity contribution is -0.167. The third kappa shape index (κ3) is 62.2. The normalized spacial score (nSPS) is 12.3. The van der Waals surface area contributed by atoms with E-state index >= 15 is 0 Å². The Morgan fingerprint density at radius 1 is 0.263 bits per heavy atom. The number of allylic oxidation sites excluding steroid dienone is 8. The number of unbranched alkanes of at least 4 members (excludes halogenated alkanes) is 43. The van der Waals surface area contributed by atoms with Crippen LogP contribution in [0.25, 0.3) is 0 Å². The molecule has 0 amide bonds. The molecule has 6 heteroatoms. The van der Waals surface area contributed by atoms with E-state index in [1.807, 2.05) is 0 Å². The van der Waals surface area contributed by atoms with Crippen LogP contribution >= 0.6 is 0 Å². The van der Waals surface area contributed by atoms with Crippen LogP contribution in [-0.2, 0) is 28.6 Å². The van der Waals surface area contributed by atoms with E-state index in [-0.39, 0.29) is 31.1 Å². The van der Waals surface area contributed by atoms with Crippen LogP contribution in [0.3, 0.4) is 0 Å². The van der Waals surface area contributed by atoms with Crippen LogP contribution in [0.15, 0.2) is 48.6 Å². The molecule has 76 heavy (non-hydrogen) atoms. The Labute approximate surface area is 473 Å². The number of rotatable bonds is 62. The second-order valence-corrected chi connectivity index (χ2v) is 22.7. The number of carbonyl (C=O) groups is 3. The number of esters is 3. The van der Waals surface area contributed by atoms with Gasteiger partial charge in [-0.1, -0.05) is 307 Å². The summed E-state index contributed by atoms with van der Waals surface area (Å²) < 4.78 is 16.9. The smallest absolute Gasteiger partial charge is 0.306 e. The molecule has 1 unspecified atom stereocenters. The van der Waals surface area contributed by atoms with Gasteiger partial charge in [0, 0.05) is 19.3 Å². The molecule has 0 saturated carbocycles.